The van der Waals surface area contributed by atoms with Crippen LogP contribution in [0.3, 0.4) is 0 Å². The zero-order valence-electron chi connectivity index (χ0n) is 9.80. The lowest BCUT2D eigenvalue weighted by atomic mass is 10.4. The smallest absolute Gasteiger partial charge is 0.322 e. The third-order valence-electron chi connectivity index (χ3n) is 1.99. The van der Waals surface area contributed by atoms with Crippen molar-refractivity contribution < 1.29 is 9.47 Å². The Morgan fingerprint density at radius 2 is 2.00 bits per heavy atom. The number of methoxy groups -OCH3 is 2. The van der Waals surface area contributed by atoms with Gasteiger partial charge in [-0.3, -0.25) is 0 Å². The summed E-state index contributed by atoms with van der Waals surface area (Å²) in [6.45, 7) is 1.47. The highest BCUT2D eigenvalue weighted by Gasteiger charge is 2.08. The Bertz CT molecular complexity index is 334. The molecule has 0 aliphatic carbocycles. The van der Waals surface area contributed by atoms with Crippen LogP contribution >= 0.6 is 0 Å². The number of hydrogen-bond donors (Lipinski definition) is 1. The Morgan fingerprint density at radius 1 is 1.25 bits per heavy atom. The van der Waals surface area contributed by atoms with Crippen molar-refractivity contribution >= 4 is 11.9 Å². The molecule has 7 nitrogen and oxygen atoms in total. The van der Waals surface area contributed by atoms with Crippen LogP contribution in [-0.2, 0) is 4.74 Å². The van der Waals surface area contributed by atoms with Crippen molar-refractivity contribution in [2.24, 2.45) is 0 Å². The molecule has 0 spiro atoms. The van der Waals surface area contributed by atoms with Crippen molar-refractivity contribution in [3.63, 3.8) is 0 Å². The fraction of sp³-hybridized carbons (Fsp3) is 0.667. The van der Waals surface area contributed by atoms with Gasteiger partial charge in [-0.1, -0.05) is 0 Å². The Kier molecular flexibility index (Phi) is 4.71. The van der Waals surface area contributed by atoms with E-state index in [-0.39, 0.29) is 12.0 Å². The third kappa shape index (κ3) is 3.50. The van der Waals surface area contributed by atoms with Gasteiger partial charge in [-0.15, -0.1) is 0 Å². The van der Waals surface area contributed by atoms with Crippen LogP contribution < -0.4 is 15.4 Å². The molecule has 1 heterocycles. The highest BCUT2D eigenvalue weighted by molar-refractivity contribution is 5.34. The van der Waals surface area contributed by atoms with E-state index in [0.717, 1.165) is 13.0 Å². The number of nitrogens with two attached hydrogens (primary N) is 1. The first-order chi connectivity index (χ1) is 7.67. The molecule has 1 aromatic rings. The number of aromatic nitrogens is 3. The largest absolute Gasteiger partial charge is 0.467 e. The van der Waals surface area contributed by atoms with E-state index >= 15 is 0 Å². The van der Waals surface area contributed by atoms with Crippen molar-refractivity contribution in [3.8, 4) is 6.01 Å². The molecule has 0 aliphatic rings. The summed E-state index contributed by atoms with van der Waals surface area (Å²) >= 11 is 0. The van der Waals surface area contributed by atoms with Gasteiger partial charge in [0.25, 0.3) is 0 Å². The summed E-state index contributed by atoms with van der Waals surface area (Å²) in [6, 6.07) is 0.223. The SMILES string of the molecule is COCCCN(C)c1nc(N)nc(OC)n1. The van der Waals surface area contributed by atoms with E-state index in [4.69, 9.17) is 15.2 Å². The molecule has 0 aliphatic heterocycles. The number of hydrogen-bond acceptors (Lipinski definition) is 7. The number of nitrogens with zero attached hydrogens (tertiary/aromatic N) is 4. The van der Waals surface area contributed by atoms with E-state index in [9.17, 15) is 0 Å². The minimum Gasteiger partial charge on any atom is -0.467 e. The van der Waals surface area contributed by atoms with E-state index in [2.05, 4.69) is 15.0 Å². The Balaban J connectivity index is 2.66. The van der Waals surface area contributed by atoms with E-state index in [1.165, 1.54) is 7.11 Å². The minimum atomic E-state index is 0.153. The maximum Gasteiger partial charge on any atom is 0.322 e. The van der Waals surface area contributed by atoms with Gasteiger partial charge in [0.2, 0.25) is 11.9 Å². The average molecular weight is 227 g/mol. The lowest BCUT2D eigenvalue weighted by Gasteiger charge is -2.16. The van der Waals surface area contributed by atoms with Gasteiger partial charge in [0.05, 0.1) is 7.11 Å². The maximum atomic E-state index is 5.53. The van der Waals surface area contributed by atoms with Gasteiger partial charge in [0.15, 0.2) is 0 Å². The maximum absolute atomic E-state index is 5.53. The molecule has 2 N–H and O–H groups in total. The summed E-state index contributed by atoms with van der Waals surface area (Å²) in [5.41, 5.74) is 5.53. The standard InChI is InChI=1S/C9H17N5O2/c1-14(5-4-6-15-2)8-11-7(10)12-9(13-8)16-3/h4-6H2,1-3H3,(H2,10,11,12,13). The number of anilines is 2. The molecular formula is C9H17N5O2. The summed E-state index contributed by atoms with van der Waals surface area (Å²) < 4.78 is 9.89. The van der Waals surface area contributed by atoms with Crippen LogP contribution in [0.15, 0.2) is 0 Å². The number of rotatable bonds is 6. The van der Waals surface area contributed by atoms with E-state index in [0.29, 0.717) is 12.6 Å². The fourth-order valence-electron chi connectivity index (χ4n) is 1.17. The van der Waals surface area contributed by atoms with Gasteiger partial charge in [-0.25, -0.2) is 0 Å². The van der Waals surface area contributed by atoms with Crippen LogP contribution in [0, 0.1) is 0 Å². The van der Waals surface area contributed by atoms with E-state index in [1.807, 2.05) is 11.9 Å². The summed E-state index contributed by atoms with van der Waals surface area (Å²) in [5, 5.41) is 0. The second kappa shape index (κ2) is 6.06. The van der Waals surface area contributed by atoms with E-state index in [1.54, 1.807) is 7.11 Å². The van der Waals surface area contributed by atoms with Crippen LogP contribution in [-0.4, -0.2) is 49.4 Å². The molecular weight excluding hydrogens is 210 g/mol. The molecule has 90 valence electrons. The number of nitrogen functional groups attached to an aromatic ring is 1. The lowest BCUT2D eigenvalue weighted by Crippen LogP contribution is -2.23. The molecule has 0 unspecified atom stereocenters. The van der Waals surface area contributed by atoms with Gasteiger partial charge >= 0.3 is 6.01 Å². The zero-order valence-corrected chi connectivity index (χ0v) is 9.80. The molecule has 16 heavy (non-hydrogen) atoms. The normalized spacial score (nSPS) is 10.2. The first-order valence-corrected chi connectivity index (χ1v) is 4.93. The fourth-order valence-corrected chi connectivity index (χ4v) is 1.17. The van der Waals surface area contributed by atoms with Crippen LogP contribution in [0.25, 0.3) is 0 Å². The lowest BCUT2D eigenvalue weighted by molar-refractivity contribution is 0.196. The van der Waals surface area contributed by atoms with Gasteiger partial charge < -0.3 is 20.1 Å². The molecule has 1 rings (SSSR count). The Hall–Kier alpha value is -1.63. The Labute approximate surface area is 94.6 Å². The average Bonchev–Trinajstić information content (AvgIpc) is 2.28. The van der Waals surface area contributed by atoms with Gasteiger partial charge in [-0.2, -0.15) is 15.0 Å². The Morgan fingerprint density at radius 3 is 2.62 bits per heavy atom. The zero-order chi connectivity index (χ0) is 12.0. The molecule has 0 saturated carbocycles. The molecule has 0 fully saturated rings. The highest BCUT2D eigenvalue weighted by Crippen LogP contribution is 2.11. The first kappa shape index (κ1) is 12.4. The van der Waals surface area contributed by atoms with Gasteiger partial charge in [-0.05, 0) is 6.42 Å². The first-order valence-electron chi connectivity index (χ1n) is 4.93. The van der Waals surface area contributed by atoms with Crippen LogP contribution in [0.2, 0.25) is 0 Å². The summed E-state index contributed by atoms with van der Waals surface area (Å²) in [7, 11) is 5.04. The van der Waals surface area contributed by atoms with Crippen molar-refractivity contribution in [3.05, 3.63) is 0 Å². The molecule has 0 radical (unpaired) electrons. The monoisotopic (exact) mass is 227 g/mol. The van der Waals surface area contributed by atoms with Crippen LogP contribution in [0.1, 0.15) is 6.42 Å². The van der Waals surface area contributed by atoms with Crippen molar-refractivity contribution in [2.75, 3.05) is 45.1 Å². The summed E-state index contributed by atoms with van der Waals surface area (Å²) in [6.07, 6.45) is 0.890. The molecule has 7 heteroatoms. The number of ether oxygens (including phenoxy) is 2. The van der Waals surface area contributed by atoms with Gasteiger partial charge in [0, 0.05) is 27.3 Å². The predicted molar refractivity (Wildman–Crippen MR) is 60.6 cm³/mol. The molecule has 1 aromatic heterocycles. The summed E-state index contributed by atoms with van der Waals surface area (Å²) in [4.78, 5) is 13.8. The second-order valence-electron chi connectivity index (χ2n) is 3.25. The summed E-state index contributed by atoms with van der Waals surface area (Å²) in [5.74, 6) is 0.654. The molecule has 0 saturated heterocycles. The van der Waals surface area contributed by atoms with Crippen molar-refractivity contribution in [1.29, 1.82) is 0 Å². The van der Waals surface area contributed by atoms with E-state index < -0.39 is 0 Å². The highest BCUT2D eigenvalue weighted by atomic mass is 16.5. The topological polar surface area (TPSA) is 86.4 Å². The molecule has 0 amide bonds. The van der Waals surface area contributed by atoms with Crippen molar-refractivity contribution in [2.45, 2.75) is 6.42 Å². The quantitative estimate of drug-likeness (QED) is 0.681. The minimum absolute atomic E-state index is 0.153. The second-order valence-corrected chi connectivity index (χ2v) is 3.25. The van der Waals surface area contributed by atoms with Gasteiger partial charge in [0.1, 0.15) is 0 Å². The third-order valence-corrected chi connectivity index (χ3v) is 1.99. The molecule has 0 aromatic carbocycles. The van der Waals surface area contributed by atoms with Crippen molar-refractivity contribution in [1.82, 2.24) is 15.0 Å². The van der Waals surface area contributed by atoms with Crippen LogP contribution in [0.5, 0.6) is 6.01 Å². The predicted octanol–water partition coefficient (Wildman–Crippen LogP) is -0.0649. The molecule has 0 bridgehead atoms. The molecule has 0 atom stereocenters. The van der Waals surface area contributed by atoms with Crippen LogP contribution in [0.4, 0.5) is 11.9 Å².